The van der Waals surface area contributed by atoms with Crippen molar-refractivity contribution >= 4 is 11.7 Å². The largest absolute Gasteiger partial charge is 0.353 e. The molecule has 7 nitrogen and oxygen atoms in total. The van der Waals surface area contributed by atoms with E-state index in [4.69, 9.17) is 0 Å². The first-order chi connectivity index (χ1) is 14.0. The number of benzene rings is 1. The third kappa shape index (κ3) is 3.55. The van der Waals surface area contributed by atoms with Gasteiger partial charge in [-0.1, -0.05) is 6.07 Å². The maximum atomic E-state index is 13.9. The highest BCUT2D eigenvalue weighted by Gasteiger charge is 2.27. The van der Waals surface area contributed by atoms with Crippen LogP contribution >= 0.6 is 0 Å². The fraction of sp³-hybridized carbons (Fsp3) is 0.300. The maximum absolute atomic E-state index is 13.9. The van der Waals surface area contributed by atoms with Crippen molar-refractivity contribution < 1.29 is 13.6 Å². The predicted octanol–water partition coefficient (Wildman–Crippen LogP) is 2.52. The summed E-state index contributed by atoms with van der Waals surface area (Å²) in [5.74, 6) is -0.883. The number of imidazole rings is 1. The molecule has 1 aromatic carbocycles. The van der Waals surface area contributed by atoms with Crippen molar-refractivity contribution in [3.63, 3.8) is 0 Å². The first-order valence-electron chi connectivity index (χ1n) is 9.27. The van der Waals surface area contributed by atoms with Crippen molar-refractivity contribution in [3.05, 3.63) is 65.5 Å². The second-order valence-corrected chi connectivity index (χ2v) is 6.90. The number of carbonyl (C=O) groups excluding carboxylic acids is 1. The van der Waals surface area contributed by atoms with Crippen LogP contribution in [0.1, 0.15) is 21.7 Å². The number of rotatable bonds is 3. The van der Waals surface area contributed by atoms with Gasteiger partial charge in [-0.2, -0.15) is 0 Å². The summed E-state index contributed by atoms with van der Waals surface area (Å²) in [4.78, 5) is 29.0. The molecule has 1 amide bonds. The van der Waals surface area contributed by atoms with E-state index < -0.39 is 23.1 Å². The Bertz CT molecular complexity index is 1040. The molecule has 0 N–H and O–H groups in total. The van der Waals surface area contributed by atoms with Gasteiger partial charge in [-0.15, -0.1) is 0 Å². The van der Waals surface area contributed by atoms with Crippen molar-refractivity contribution in [1.82, 2.24) is 24.4 Å². The van der Waals surface area contributed by atoms with Gasteiger partial charge < -0.3 is 9.80 Å². The number of carbonyl (C=O) groups is 1. The molecule has 1 aliphatic rings. The van der Waals surface area contributed by atoms with Crippen LogP contribution in [0.25, 0.3) is 5.82 Å². The number of aromatic nitrogens is 4. The van der Waals surface area contributed by atoms with E-state index >= 15 is 0 Å². The minimum Gasteiger partial charge on any atom is -0.353 e. The van der Waals surface area contributed by atoms with Crippen LogP contribution in [-0.2, 0) is 0 Å². The van der Waals surface area contributed by atoms with Crippen LogP contribution in [0.2, 0.25) is 0 Å². The Morgan fingerprint density at radius 2 is 1.62 bits per heavy atom. The molecule has 1 saturated heterocycles. The Morgan fingerprint density at radius 3 is 2.24 bits per heavy atom. The molecule has 1 fully saturated rings. The predicted molar refractivity (Wildman–Crippen MR) is 103 cm³/mol. The van der Waals surface area contributed by atoms with Crippen LogP contribution in [0, 0.1) is 25.5 Å². The Kier molecular flexibility index (Phi) is 4.96. The highest BCUT2D eigenvalue weighted by Crippen LogP contribution is 2.20. The molecule has 0 bridgehead atoms. The number of nitrogens with zero attached hydrogens (tertiary/aromatic N) is 6. The summed E-state index contributed by atoms with van der Waals surface area (Å²) in [7, 11) is 0. The number of halogens is 2. The Balaban J connectivity index is 1.48. The van der Waals surface area contributed by atoms with Crippen LogP contribution in [0.4, 0.5) is 14.6 Å². The molecule has 9 heteroatoms. The number of hydrogen-bond acceptors (Lipinski definition) is 5. The monoisotopic (exact) mass is 398 g/mol. The topological polar surface area (TPSA) is 67.2 Å². The van der Waals surface area contributed by atoms with Crippen molar-refractivity contribution in [2.24, 2.45) is 0 Å². The third-order valence-electron chi connectivity index (χ3n) is 5.20. The molecular formula is C20H20F2N6O. The van der Waals surface area contributed by atoms with E-state index in [1.54, 1.807) is 6.33 Å². The Hall–Kier alpha value is -3.36. The van der Waals surface area contributed by atoms with E-state index in [1.807, 2.05) is 29.4 Å². The molecule has 0 spiro atoms. The smallest absolute Gasteiger partial charge is 0.259 e. The number of anilines is 1. The lowest BCUT2D eigenvalue weighted by atomic mass is 10.1. The van der Waals surface area contributed by atoms with Crippen LogP contribution < -0.4 is 4.90 Å². The second kappa shape index (κ2) is 7.57. The minimum absolute atomic E-state index is 0.342. The maximum Gasteiger partial charge on any atom is 0.259 e. The van der Waals surface area contributed by atoms with Gasteiger partial charge in [0.15, 0.2) is 0 Å². The molecule has 0 atom stereocenters. The fourth-order valence-electron chi connectivity index (χ4n) is 3.37. The molecule has 2 aromatic heterocycles. The second-order valence-electron chi connectivity index (χ2n) is 6.90. The SMILES string of the molecule is Cc1ncn(-c2cc(N3CCN(C(=O)c4c(F)cccc4F)CC3)ncn2)c1C. The van der Waals surface area contributed by atoms with Crippen LogP contribution in [0.3, 0.4) is 0 Å². The molecule has 0 saturated carbocycles. The fourth-order valence-corrected chi connectivity index (χ4v) is 3.37. The number of piperazine rings is 1. The van der Waals surface area contributed by atoms with Gasteiger partial charge in [-0.25, -0.2) is 23.7 Å². The first kappa shape index (κ1) is 19.0. The molecular weight excluding hydrogens is 378 g/mol. The summed E-state index contributed by atoms with van der Waals surface area (Å²) >= 11 is 0. The van der Waals surface area contributed by atoms with Gasteiger partial charge in [-0.05, 0) is 26.0 Å². The number of aryl methyl sites for hydroxylation is 1. The highest BCUT2D eigenvalue weighted by molar-refractivity contribution is 5.95. The summed E-state index contributed by atoms with van der Waals surface area (Å²) < 4.78 is 29.7. The molecule has 3 aromatic rings. The Labute approximate surface area is 166 Å². The van der Waals surface area contributed by atoms with Gasteiger partial charge in [0.05, 0.1) is 5.69 Å². The van der Waals surface area contributed by atoms with Gasteiger partial charge in [0.25, 0.3) is 5.91 Å². The van der Waals surface area contributed by atoms with E-state index in [9.17, 15) is 13.6 Å². The molecule has 0 radical (unpaired) electrons. The summed E-state index contributed by atoms with van der Waals surface area (Å²) in [5.41, 5.74) is 1.42. The molecule has 3 heterocycles. The van der Waals surface area contributed by atoms with E-state index in [0.717, 1.165) is 29.3 Å². The van der Waals surface area contributed by atoms with Crippen LogP contribution in [0.5, 0.6) is 0 Å². The molecule has 1 aliphatic heterocycles. The van der Waals surface area contributed by atoms with Crippen molar-refractivity contribution in [1.29, 1.82) is 0 Å². The standard InChI is InChI=1S/C20H20F2N6O/c1-13-14(2)28(12-25-13)18-10-17(23-11-24-18)26-6-8-27(9-7-26)20(29)19-15(21)4-3-5-16(19)22/h3-5,10-12H,6-9H2,1-2H3. The molecule has 0 unspecified atom stereocenters. The zero-order valence-corrected chi connectivity index (χ0v) is 16.1. The summed E-state index contributed by atoms with van der Waals surface area (Å²) in [6, 6.07) is 5.29. The molecule has 4 rings (SSSR count). The lowest BCUT2D eigenvalue weighted by Crippen LogP contribution is -2.49. The van der Waals surface area contributed by atoms with Gasteiger partial charge in [0.2, 0.25) is 0 Å². The van der Waals surface area contributed by atoms with Crippen LogP contribution in [0.15, 0.2) is 36.9 Å². The van der Waals surface area contributed by atoms with Gasteiger partial charge in [0.1, 0.15) is 41.5 Å². The zero-order chi connectivity index (χ0) is 20.5. The van der Waals surface area contributed by atoms with E-state index in [1.165, 1.54) is 17.3 Å². The lowest BCUT2D eigenvalue weighted by molar-refractivity contribution is 0.0736. The quantitative estimate of drug-likeness (QED) is 0.678. The van der Waals surface area contributed by atoms with Gasteiger partial charge in [0, 0.05) is 37.9 Å². The minimum atomic E-state index is -0.844. The number of hydrogen-bond donors (Lipinski definition) is 0. The first-order valence-corrected chi connectivity index (χ1v) is 9.27. The van der Waals surface area contributed by atoms with Crippen LogP contribution in [-0.4, -0.2) is 56.5 Å². The van der Waals surface area contributed by atoms with Crippen molar-refractivity contribution in [2.45, 2.75) is 13.8 Å². The average molecular weight is 398 g/mol. The van der Waals surface area contributed by atoms with Gasteiger partial charge >= 0.3 is 0 Å². The zero-order valence-electron chi connectivity index (χ0n) is 16.1. The summed E-state index contributed by atoms with van der Waals surface area (Å²) in [5, 5.41) is 0. The van der Waals surface area contributed by atoms with Crippen molar-refractivity contribution in [2.75, 3.05) is 31.1 Å². The summed E-state index contributed by atoms with van der Waals surface area (Å²) in [6.07, 6.45) is 3.21. The third-order valence-corrected chi connectivity index (χ3v) is 5.20. The van der Waals surface area contributed by atoms with Crippen molar-refractivity contribution in [3.8, 4) is 5.82 Å². The highest BCUT2D eigenvalue weighted by atomic mass is 19.1. The number of amides is 1. The molecule has 150 valence electrons. The van der Waals surface area contributed by atoms with E-state index in [2.05, 4.69) is 15.0 Å². The summed E-state index contributed by atoms with van der Waals surface area (Å²) in [6.45, 7) is 5.59. The normalized spacial score (nSPS) is 14.3. The Morgan fingerprint density at radius 1 is 0.966 bits per heavy atom. The average Bonchev–Trinajstić information content (AvgIpc) is 3.06. The van der Waals surface area contributed by atoms with Gasteiger partial charge in [-0.3, -0.25) is 9.36 Å². The van der Waals surface area contributed by atoms with E-state index in [0.29, 0.717) is 32.0 Å². The lowest BCUT2D eigenvalue weighted by Gasteiger charge is -2.35. The molecule has 0 aliphatic carbocycles. The molecule has 29 heavy (non-hydrogen) atoms. The van der Waals surface area contributed by atoms with E-state index in [-0.39, 0.29) is 0 Å².